The molecule has 0 radical (unpaired) electrons. The minimum absolute atomic E-state index is 0.204. The Balaban J connectivity index is 2.51. The minimum atomic E-state index is -0.805. The molecule has 3 unspecified atom stereocenters. The maximum absolute atomic E-state index is 12.9. The van der Waals surface area contributed by atoms with Gasteiger partial charge in [-0.1, -0.05) is 32.9 Å². The Kier molecular flexibility index (Phi) is 6.90. The van der Waals surface area contributed by atoms with Gasteiger partial charge in [-0.15, -0.1) is 0 Å². The first kappa shape index (κ1) is 20.1. The highest BCUT2D eigenvalue weighted by atomic mass is 19.1. The second kappa shape index (κ2) is 8.24. The number of nitrogens with one attached hydrogen (secondary N) is 2. The van der Waals surface area contributed by atoms with Crippen LogP contribution < -0.4 is 10.6 Å². The lowest BCUT2D eigenvalue weighted by atomic mass is 9.95. The Morgan fingerprint density at radius 1 is 1.12 bits per heavy atom. The fraction of sp³-hybridized carbons (Fsp3) is 0.556. The second-order valence-corrected chi connectivity index (χ2v) is 7.16. The van der Waals surface area contributed by atoms with Crippen molar-refractivity contribution >= 4 is 11.8 Å². The molecule has 5 nitrogen and oxygen atoms in total. The van der Waals surface area contributed by atoms with Crippen LogP contribution in [-0.2, 0) is 9.59 Å². The fourth-order valence-corrected chi connectivity index (χ4v) is 2.06. The highest BCUT2D eigenvalue weighted by Crippen LogP contribution is 2.18. The number of aliphatic hydroxyl groups excluding tert-OH is 1. The molecule has 1 aromatic rings. The summed E-state index contributed by atoms with van der Waals surface area (Å²) in [5.74, 6) is -0.883. The average Bonchev–Trinajstić information content (AvgIpc) is 2.46. The smallest absolute Gasteiger partial charge is 0.242 e. The lowest BCUT2D eigenvalue weighted by Gasteiger charge is -2.24. The van der Waals surface area contributed by atoms with E-state index in [4.69, 9.17) is 0 Å². The van der Waals surface area contributed by atoms with Crippen LogP contribution in [0.25, 0.3) is 0 Å². The summed E-state index contributed by atoms with van der Waals surface area (Å²) in [5, 5.41) is 15.6. The van der Waals surface area contributed by atoms with Crippen LogP contribution in [0.1, 0.15) is 52.7 Å². The topological polar surface area (TPSA) is 78.4 Å². The zero-order valence-electron chi connectivity index (χ0n) is 14.9. The second-order valence-electron chi connectivity index (χ2n) is 7.16. The number of hydrogen-bond acceptors (Lipinski definition) is 3. The van der Waals surface area contributed by atoms with Crippen molar-refractivity contribution in [1.29, 1.82) is 0 Å². The van der Waals surface area contributed by atoms with Crippen molar-refractivity contribution in [3.05, 3.63) is 35.6 Å². The largest absolute Gasteiger partial charge is 0.388 e. The lowest BCUT2D eigenvalue weighted by Crippen LogP contribution is -2.50. The molecular formula is C18H27FN2O3. The minimum Gasteiger partial charge on any atom is -0.388 e. The van der Waals surface area contributed by atoms with Crippen LogP contribution in [0.5, 0.6) is 0 Å². The predicted octanol–water partition coefficient (Wildman–Crippen LogP) is 2.30. The number of amides is 2. The molecule has 0 saturated heterocycles. The van der Waals surface area contributed by atoms with E-state index < -0.39 is 17.6 Å². The summed E-state index contributed by atoms with van der Waals surface area (Å²) >= 11 is 0. The quantitative estimate of drug-likeness (QED) is 0.745. The van der Waals surface area contributed by atoms with Gasteiger partial charge < -0.3 is 15.7 Å². The maximum atomic E-state index is 12.9. The number of carbonyl (C=O) groups excluding carboxylic acids is 2. The van der Waals surface area contributed by atoms with E-state index in [1.54, 1.807) is 34.6 Å². The van der Waals surface area contributed by atoms with Crippen molar-refractivity contribution in [1.82, 2.24) is 10.6 Å². The van der Waals surface area contributed by atoms with Gasteiger partial charge in [0.15, 0.2) is 0 Å². The molecule has 1 rings (SSSR count). The molecule has 134 valence electrons. The Bertz CT molecular complexity index is 567. The number of hydrogen-bond donors (Lipinski definition) is 3. The van der Waals surface area contributed by atoms with Crippen LogP contribution >= 0.6 is 0 Å². The van der Waals surface area contributed by atoms with Gasteiger partial charge in [0, 0.05) is 11.5 Å². The predicted molar refractivity (Wildman–Crippen MR) is 90.6 cm³/mol. The van der Waals surface area contributed by atoms with E-state index in [9.17, 15) is 19.1 Å². The van der Waals surface area contributed by atoms with Crippen molar-refractivity contribution in [3.63, 3.8) is 0 Å². The van der Waals surface area contributed by atoms with Gasteiger partial charge in [-0.05, 0) is 38.0 Å². The van der Waals surface area contributed by atoms with Crippen molar-refractivity contribution in [2.24, 2.45) is 5.41 Å². The van der Waals surface area contributed by atoms with Gasteiger partial charge >= 0.3 is 0 Å². The van der Waals surface area contributed by atoms with Crippen molar-refractivity contribution in [3.8, 4) is 0 Å². The molecular weight excluding hydrogens is 311 g/mol. The van der Waals surface area contributed by atoms with E-state index in [2.05, 4.69) is 10.6 Å². The molecule has 0 aromatic heterocycles. The molecule has 1 aromatic carbocycles. The first-order valence-corrected chi connectivity index (χ1v) is 8.05. The Labute approximate surface area is 142 Å². The van der Waals surface area contributed by atoms with Crippen LogP contribution in [0, 0.1) is 11.2 Å². The van der Waals surface area contributed by atoms with E-state index >= 15 is 0 Å². The zero-order valence-corrected chi connectivity index (χ0v) is 14.9. The average molecular weight is 338 g/mol. The van der Waals surface area contributed by atoms with Crippen LogP contribution in [-0.4, -0.2) is 29.0 Å². The van der Waals surface area contributed by atoms with Crippen LogP contribution in [0.15, 0.2) is 24.3 Å². The molecule has 3 N–H and O–H groups in total. The number of carbonyl (C=O) groups is 2. The molecule has 0 fully saturated rings. The van der Waals surface area contributed by atoms with E-state index in [1.165, 1.54) is 24.3 Å². The lowest BCUT2D eigenvalue weighted by molar-refractivity contribution is -0.133. The third-order valence-corrected chi connectivity index (χ3v) is 3.64. The summed E-state index contributed by atoms with van der Waals surface area (Å²) in [5.41, 5.74) is 0.0189. The highest BCUT2D eigenvalue weighted by molar-refractivity contribution is 5.89. The molecule has 0 spiro atoms. The van der Waals surface area contributed by atoms with E-state index in [0.717, 1.165) is 0 Å². The third kappa shape index (κ3) is 6.28. The normalized spacial score (nSPS) is 15.3. The van der Waals surface area contributed by atoms with E-state index in [-0.39, 0.29) is 30.1 Å². The zero-order chi connectivity index (χ0) is 18.5. The summed E-state index contributed by atoms with van der Waals surface area (Å²) in [6.07, 6.45) is -0.516. The number of rotatable bonds is 6. The molecule has 0 aliphatic heterocycles. The number of aliphatic hydroxyl groups is 1. The SMILES string of the molecule is CC(CC(O)c1ccc(F)cc1)NC(=O)C(C)NC(=O)C(C)(C)C. The first-order chi connectivity index (χ1) is 11.0. The Hall–Kier alpha value is -1.95. The van der Waals surface area contributed by atoms with Crippen molar-refractivity contribution < 1.29 is 19.1 Å². The maximum Gasteiger partial charge on any atom is 0.242 e. The van der Waals surface area contributed by atoms with E-state index in [0.29, 0.717) is 5.56 Å². The third-order valence-electron chi connectivity index (χ3n) is 3.64. The molecule has 0 saturated carbocycles. The molecule has 3 atom stereocenters. The fourth-order valence-electron chi connectivity index (χ4n) is 2.06. The summed E-state index contributed by atoms with van der Waals surface area (Å²) in [6.45, 7) is 8.70. The molecule has 0 aliphatic rings. The van der Waals surface area contributed by atoms with Gasteiger partial charge in [-0.2, -0.15) is 0 Å². The van der Waals surface area contributed by atoms with Crippen LogP contribution in [0.2, 0.25) is 0 Å². The summed E-state index contributed by atoms with van der Waals surface area (Å²) < 4.78 is 12.9. The van der Waals surface area contributed by atoms with Gasteiger partial charge in [0.25, 0.3) is 0 Å². The van der Waals surface area contributed by atoms with Crippen molar-refractivity contribution in [2.45, 2.75) is 59.2 Å². The van der Waals surface area contributed by atoms with Gasteiger partial charge in [-0.25, -0.2) is 4.39 Å². The molecule has 6 heteroatoms. The summed E-state index contributed by atoms with van der Waals surface area (Å²) in [7, 11) is 0. The highest BCUT2D eigenvalue weighted by Gasteiger charge is 2.25. The standard InChI is InChI=1S/C18H27FN2O3/c1-11(10-15(22)13-6-8-14(19)9-7-13)20-16(23)12(2)21-17(24)18(3,4)5/h6-9,11-12,15,22H,10H2,1-5H3,(H,20,23)(H,21,24). The number of benzene rings is 1. The van der Waals surface area contributed by atoms with Crippen LogP contribution in [0.3, 0.4) is 0 Å². The van der Waals surface area contributed by atoms with Gasteiger partial charge in [0.05, 0.1) is 6.10 Å². The molecule has 0 aliphatic carbocycles. The molecule has 0 heterocycles. The Morgan fingerprint density at radius 3 is 2.17 bits per heavy atom. The number of halogens is 1. The van der Waals surface area contributed by atoms with E-state index in [1.807, 2.05) is 0 Å². The van der Waals surface area contributed by atoms with Gasteiger partial charge in [-0.3, -0.25) is 9.59 Å². The first-order valence-electron chi connectivity index (χ1n) is 8.05. The van der Waals surface area contributed by atoms with Gasteiger partial charge in [0.2, 0.25) is 11.8 Å². The Morgan fingerprint density at radius 2 is 1.67 bits per heavy atom. The summed E-state index contributed by atoms with van der Waals surface area (Å²) in [6, 6.07) is 4.63. The monoisotopic (exact) mass is 338 g/mol. The van der Waals surface area contributed by atoms with Crippen molar-refractivity contribution in [2.75, 3.05) is 0 Å². The summed E-state index contributed by atoms with van der Waals surface area (Å²) in [4.78, 5) is 24.0. The molecule has 2 amide bonds. The van der Waals surface area contributed by atoms with Gasteiger partial charge in [0.1, 0.15) is 11.9 Å². The molecule has 0 bridgehead atoms. The molecule has 24 heavy (non-hydrogen) atoms. The van der Waals surface area contributed by atoms with Crippen LogP contribution in [0.4, 0.5) is 4.39 Å².